The van der Waals surface area contributed by atoms with Crippen LogP contribution in [-0.2, 0) is 4.79 Å². The van der Waals surface area contributed by atoms with E-state index in [1.54, 1.807) is 25.4 Å². The third-order valence-electron chi connectivity index (χ3n) is 6.70. The molecule has 200 valence electrons. The van der Waals surface area contributed by atoms with E-state index in [1.165, 1.54) is 0 Å². The quantitative estimate of drug-likeness (QED) is 0.268. The van der Waals surface area contributed by atoms with E-state index in [0.717, 1.165) is 22.8 Å². The van der Waals surface area contributed by atoms with Crippen molar-refractivity contribution in [3.8, 4) is 17.2 Å². The Morgan fingerprint density at radius 1 is 1.05 bits per heavy atom. The number of hydrogen-bond donors (Lipinski definition) is 3. The summed E-state index contributed by atoms with van der Waals surface area (Å²) in [5, 5.41) is 16.8. The molecule has 8 nitrogen and oxygen atoms in total. The average Bonchev–Trinajstić information content (AvgIpc) is 3.53. The summed E-state index contributed by atoms with van der Waals surface area (Å²) in [7, 11) is 1.58. The first-order chi connectivity index (χ1) is 18.7. The maximum Gasteiger partial charge on any atom is 0.229 e. The van der Waals surface area contributed by atoms with Gasteiger partial charge in [-0.15, -0.1) is 0 Å². The molecule has 2 aromatic carbocycles. The highest BCUT2D eigenvalue weighted by molar-refractivity contribution is 7.80. The number of phenolic OH excluding ortho intramolecular Hbond substituents is 1. The van der Waals surface area contributed by atoms with Gasteiger partial charge in [-0.25, -0.2) is 0 Å². The van der Waals surface area contributed by atoms with E-state index in [0.29, 0.717) is 16.5 Å². The fourth-order valence-corrected chi connectivity index (χ4v) is 5.01. The second kappa shape index (κ2) is 10.4. The standard InChI is InChI=1S/C30H31N5O3S/c1-30(2,3)28(37)32-22-15-12-20(18-25(22)38-4)35-27(26(33-29(35)39)23-8-5-6-16-31-23)24-9-7-17-34(24)19-10-13-21(36)14-11-19/h5-18,26-27,36H,1-4H3,(H,32,37)(H,33,39)/t26-,27-/m0/s1. The van der Waals surface area contributed by atoms with Crippen LogP contribution in [-0.4, -0.2) is 32.8 Å². The number of amides is 1. The van der Waals surface area contributed by atoms with Crippen LogP contribution < -0.4 is 20.3 Å². The molecule has 3 N–H and O–H groups in total. The highest BCUT2D eigenvalue weighted by Gasteiger charge is 2.42. The number of pyridine rings is 1. The smallest absolute Gasteiger partial charge is 0.229 e. The third-order valence-corrected chi connectivity index (χ3v) is 7.02. The van der Waals surface area contributed by atoms with Crippen molar-refractivity contribution in [2.75, 3.05) is 17.3 Å². The van der Waals surface area contributed by atoms with Crippen molar-refractivity contribution in [3.63, 3.8) is 0 Å². The summed E-state index contributed by atoms with van der Waals surface area (Å²) in [5.74, 6) is 0.628. The van der Waals surface area contributed by atoms with E-state index in [1.807, 2.05) is 81.6 Å². The lowest BCUT2D eigenvalue weighted by Crippen LogP contribution is -2.30. The molecule has 9 heteroatoms. The summed E-state index contributed by atoms with van der Waals surface area (Å²) in [5.41, 5.74) is 3.58. The SMILES string of the molecule is COc1cc(N2C(=S)N[C@@H](c3ccccn3)[C@@H]2c2cccn2-c2ccc(O)cc2)ccc1NC(=O)C(C)(C)C. The van der Waals surface area contributed by atoms with Crippen LogP contribution in [0.5, 0.6) is 11.5 Å². The van der Waals surface area contributed by atoms with Crippen LogP contribution in [0, 0.1) is 5.41 Å². The van der Waals surface area contributed by atoms with Gasteiger partial charge in [0.2, 0.25) is 5.91 Å². The van der Waals surface area contributed by atoms with Crippen LogP contribution in [0.25, 0.3) is 5.69 Å². The van der Waals surface area contributed by atoms with Crippen LogP contribution in [0.4, 0.5) is 11.4 Å². The van der Waals surface area contributed by atoms with Crippen molar-refractivity contribution in [2.45, 2.75) is 32.9 Å². The number of aromatic hydroxyl groups is 1. The molecule has 1 saturated heterocycles. The summed E-state index contributed by atoms with van der Waals surface area (Å²) in [6, 6.07) is 22.1. The normalized spacial score (nSPS) is 17.1. The zero-order valence-corrected chi connectivity index (χ0v) is 23.1. The van der Waals surface area contributed by atoms with Gasteiger partial charge < -0.3 is 29.9 Å². The molecule has 0 aliphatic carbocycles. The highest BCUT2D eigenvalue weighted by atomic mass is 32.1. The molecule has 2 atom stereocenters. The largest absolute Gasteiger partial charge is 0.508 e. The molecular weight excluding hydrogens is 510 g/mol. The summed E-state index contributed by atoms with van der Waals surface area (Å²) < 4.78 is 7.77. The molecule has 0 unspecified atom stereocenters. The Hall–Kier alpha value is -4.37. The molecule has 1 fully saturated rings. The average molecular weight is 542 g/mol. The predicted octanol–water partition coefficient (Wildman–Crippen LogP) is 5.75. The number of methoxy groups -OCH3 is 1. The topological polar surface area (TPSA) is 91.7 Å². The van der Waals surface area contributed by atoms with Gasteiger partial charge in [-0.05, 0) is 72.9 Å². The number of nitrogens with one attached hydrogen (secondary N) is 2. The zero-order valence-electron chi connectivity index (χ0n) is 22.3. The Kier molecular flexibility index (Phi) is 7.01. The van der Waals surface area contributed by atoms with Gasteiger partial charge >= 0.3 is 0 Å². The highest BCUT2D eigenvalue weighted by Crippen LogP contribution is 2.44. The molecule has 1 aliphatic rings. The van der Waals surface area contributed by atoms with Crippen LogP contribution in [0.15, 0.2) is 85.2 Å². The molecule has 4 aromatic rings. The van der Waals surface area contributed by atoms with Crippen LogP contribution in [0.2, 0.25) is 0 Å². The van der Waals surface area contributed by atoms with E-state index >= 15 is 0 Å². The number of thiocarbonyl (C=S) groups is 1. The van der Waals surface area contributed by atoms with Gasteiger partial charge in [-0.2, -0.15) is 0 Å². The molecule has 0 bridgehead atoms. The Morgan fingerprint density at radius 3 is 2.46 bits per heavy atom. The fraction of sp³-hybridized carbons (Fsp3) is 0.233. The van der Waals surface area contributed by atoms with Gasteiger partial charge in [0.05, 0.1) is 24.5 Å². The predicted molar refractivity (Wildman–Crippen MR) is 156 cm³/mol. The monoisotopic (exact) mass is 541 g/mol. The number of carbonyl (C=O) groups is 1. The van der Waals surface area contributed by atoms with Crippen LogP contribution in [0.3, 0.4) is 0 Å². The molecule has 3 heterocycles. The molecule has 39 heavy (non-hydrogen) atoms. The lowest BCUT2D eigenvalue weighted by molar-refractivity contribution is -0.123. The number of rotatable bonds is 6. The van der Waals surface area contributed by atoms with Crippen molar-refractivity contribution in [2.24, 2.45) is 5.41 Å². The summed E-state index contributed by atoms with van der Waals surface area (Å²) >= 11 is 5.89. The molecular formula is C30H31N5O3S. The summed E-state index contributed by atoms with van der Waals surface area (Å²) in [4.78, 5) is 19.4. The number of carbonyl (C=O) groups excluding carboxylic acids is 1. The van der Waals surface area contributed by atoms with E-state index in [9.17, 15) is 9.90 Å². The van der Waals surface area contributed by atoms with Crippen molar-refractivity contribution >= 4 is 34.6 Å². The van der Waals surface area contributed by atoms with Gasteiger partial charge in [0, 0.05) is 40.9 Å². The second-order valence-corrected chi connectivity index (χ2v) is 10.8. The van der Waals surface area contributed by atoms with Crippen molar-refractivity contribution in [1.29, 1.82) is 0 Å². The molecule has 2 aromatic heterocycles. The number of benzene rings is 2. The number of anilines is 2. The minimum atomic E-state index is -0.551. The maximum atomic E-state index is 12.7. The van der Waals surface area contributed by atoms with E-state index in [4.69, 9.17) is 17.0 Å². The first-order valence-electron chi connectivity index (χ1n) is 12.6. The minimum Gasteiger partial charge on any atom is -0.508 e. The Morgan fingerprint density at radius 2 is 1.79 bits per heavy atom. The Labute approximate surface area is 233 Å². The minimum absolute atomic E-state index is 0.105. The first-order valence-corrected chi connectivity index (χ1v) is 13.0. The van der Waals surface area contributed by atoms with Crippen LogP contribution >= 0.6 is 12.2 Å². The summed E-state index contributed by atoms with van der Waals surface area (Å²) in [6.07, 6.45) is 3.76. The number of ether oxygens (including phenoxy) is 1. The van der Waals surface area contributed by atoms with Gasteiger partial charge in [0.15, 0.2) is 5.11 Å². The van der Waals surface area contributed by atoms with E-state index < -0.39 is 5.41 Å². The van der Waals surface area contributed by atoms with E-state index in [-0.39, 0.29) is 23.7 Å². The third kappa shape index (κ3) is 5.18. The maximum absolute atomic E-state index is 12.7. The Balaban J connectivity index is 1.60. The summed E-state index contributed by atoms with van der Waals surface area (Å²) in [6.45, 7) is 5.59. The molecule has 1 aliphatic heterocycles. The van der Waals surface area contributed by atoms with Crippen molar-refractivity contribution < 1.29 is 14.6 Å². The fourth-order valence-electron chi connectivity index (χ4n) is 4.66. The van der Waals surface area contributed by atoms with Crippen LogP contribution in [0.1, 0.15) is 44.2 Å². The molecule has 0 spiro atoms. The van der Waals surface area contributed by atoms with Crippen molar-refractivity contribution in [1.82, 2.24) is 14.9 Å². The van der Waals surface area contributed by atoms with Gasteiger partial charge in [0.1, 0.15) is 17.5 Å². The Bertz CT molecular complexity index is 1500. The molecule has 1 amide bonds. The van der Waals surface area contributed by atoms with Gasteiger partial charge in [-0.1, -0.05) is 26.8 Å². The molecule has 0 saturated carbocycles. The lowest BCUT2D eigenvalue weighted by atomic mass is 9.95. The number of hydrogen-bond acceptors (Lipinski definition) is 5. The second-order valence-electron chi connectivity index (χ2n) is 10.4. The van der Waals surface area contributed by atoms with Gasteiger partial charge in [-0.3, -0.25) is 9.78 Å². The first kappa shape index (κ1) is 26.2. The number of phenols is 1. The number of nitrogens with zero attached hydrogens (tertiary/aromatic N) is 3. The van der Waals surface area contributed by atoms with Crippen molar-refractivity contribution in [3.05, 3.63) is 96.6 Å². The molecule has 5 rings (SSSR count). The lowest BCUT2D eigenvalue weighted by Gasteiger charge is -2.29. The van der Waals surface area contributed by atoms with E-state index in [2.05, 4.69) is 31.2 Å². The zero-order chi connectivity index (χ0) is 27.7. The number of aromatic nitrogens is 2. The van der Waals surface area contributed by atoms with Gasteiger partial charge in [0.25, 0.3) is 0 Å². The molecule has 0 radical (unpaired) electrons.